The summed E-state index contributed by atoms with van der Waals surface area (Å²) in [6.07, 6.45) is 0. The van der Waals surface area contributed by atoms with E-state index in [9.17, 15) is 14.4 Å². The summed E-state index contributed by atoms with van der Waals surface area (Å²) in [5, 5.41) is 1.80. The van der Waals surface area contributed by atoms with E-state index in [2.05, 4.69) is 0 Å². The predicted molar refractivity (Wildman–Crippen MR) is 99.5 cm³/mol. The molecule has 6 heteroatoms. The van der Waals surface area contributed by atoms with Crippen molar-refractivity contribution in [1.82, 2.24) is 0 Å². The van der Waals surface area contributed by atoms with Gasteiger partial charge in [0, 0.05) is 5.56 Å². The zero-order valence-electron chi connectivity index (χ0n) is 15.3. The van der Waals surface area contributed by atoms with E-state index >= 15 is 0 Å². The highest BCUT2D eigenvalue weighted by atomic mass is 32.1. The van der Waals surface area contributed by atoms with E-state index < -0.39 is 17.4 Å². The lowest BCUT2D eigenvalue weighted by Gasteiger charge is -2.27. The summed E-state index contributed by atoms with van der Waals surface area (Å²) in [4.78, 5) is 38.9. The second-order valence-corrected chi connectivity index (χ2v) is 6.87. The minimum absolute atomic E-state index is 0.119. The Balaban J connectivity index is 2.67. The molecule has 0 spiro atoms. The Kier molecular flexibility index (Phi) is 6.32. The SMILES string of the molecule is CCOC(=O)C(C)(C(=O)OCC)c1cc(C)ccc1C(=O)c1cccs1. The molecular formula is C20H22O5S. The molecule has 0 fully saturated rings. The van der Waals surface area contributed by atoms with Gasteiger partial charge in [0.15, 0.2) is 5.41 Å². The number of hydrogen-bond donors (Lipinski definition) is 0. The molecule has 26 heavy (non-hydrogen) atoms. The Morgan fingerprint density at radius 3 is 2.15 bits per heavy atom. The number of ketones is 1. The summed E-state index contributed by atoms with van der Waals surface area (Å²) in [6, 6.07) is 8.59. The average Bonchev–Trinajstić information content (AvgIpc) is 3.15. The first-order valence-electron chi connectivity index (χ1n) is 8.40. The molecule has 2 rings (SSSR count). The number of carbonyl (C=O) groups excluding carboxylic acids is 3. The van der Waals surface area contributed by atoms with Crippen LogP contribution in [0.15, 0.2) is 35.7 Å². The third kappa shape index (κ3) is 3.70. The van der Waals surface area contributed by atoms with Gasteiger partial charge in [0.1, 0.15) is 0 Å². The Bertz CT molecular complexity index is 790. The van der Waals surface area contributed by atoms with Crippen LogP contribution in [0.25, 0.3) is 0 Å². The van der Waals surface area contributed by atoms with Crippen LogP contribution in [0.2, 0.25) is 0 Å². The summed E-state index contributed by atoms with van der Waals surface area (Å²) >= 11 is 1.30. The molecule has 5 nitrogen and oxygen atoms in total. The first-order chi connectivity index (χ1) is 12.4. The fourth-order valence-corrected chi connectivity index (χ4v) is 3.34. The molecular weight excluding hydrogens is 352 g/mol. The highest BCUT2D eigenvalue weighted by molar-refractivity contribution is 7.12. The minimum Gasteiger partial charge on any atom is -0.465 e. The van der Waals surface area contributed by atoms with Gasteiger partial charge in [-0.1, -0.05) is 29.8 Å². The Morgan fingerprint density at radius 1 is 1.04 bits per heavy atom. The van der Waals surface area contributed by atoms with Gasteiger partial charge in [-0.3, -0.25) is 14.4 Å². The maximum absolute atomic E-state index is 13.0. The predicted octanol–water partition coefficient (Wildman–Crippen LogP) is 3.67. The van der Waals surface area contributed by atoms with E-state index in [1.807, 2.05) is 6.92 Å². The topological polar surface area (TPSA) is 69.7 Å². The van der Waals surface area contributed by atoms with E-state index in [0.29, 0.717) is 16.0 Å². The summed E-state index contributed by atoms with van der Waals surface area (Å²) in [5.74, 6) is -1.71. The number of carbonyl (C=O) groups is 3. The number of hydrogen-bond acceptors (Lipinski definition) is 6. The van der Waals surface area contributed by atoms with Gasteiger partial charge in [-0.05, 0) is 44.7 Å². The molecule has 0 bridgehead atoms. The van der Waals surface area contributed by atoms with E-state index in [1.165, 1.54) is 18.3 Å². The smallest absolute Gasteiger partial charge is 0.327 e. The Labute approximate surface area is 156 Å². The second kappa shape index (κ2) is 8.27. The Hall–Kier alpha value is -2.47. The van der Waals surface area contributed by atoms with Crippen molar-refractivity contribution in [1.29, 1.82) is 0 Å². The fraction of sp³-hybridized carbons (Fsp3) is 0.350. The van der Waals surface area contributed by atoms with Crippen molar-refractivity contribution < 1.29 is 23.9 Å². The zero-order valence-corrected chi connectivity index (χ0v) is 16.1. The quantitative estimate of drug-likeness (QED) is 0.420. The van der Waals surface area contributed by atoms with Crippen molar-refractivity contribution in [3.63, 3.8) is 0 Å². The third-order valence-electron chi connectivity index (χ3n) is 4.07. The van der Waals surface area contributed by atoms with E-state index in [0.717, 1.165) is 5.56 Å². The molecule has 0 saturated heterocycles. The number of thiophene rings is 1. The average molecular weight is 374 g/mol. The van der Waals surface area contributed by atoms with Gasteiger partial charge in [-0.15, -0.1) is 11.3 Å². The van der Waals surface area contributed by atoms with E-state index in [4.69, 9.17) is 9.47 Å². The molecule has 138 valence electrons. The van der Waals surface area contributed by atoms with Crippen molar-refractivity contribution in [2.75, 3.05) is 13.2 Å². The summed E-state index contributed by atoms with van der Waals surface area (Å²) < 4.78 is 10.3. The van der Waals surface area contributed by atoms with Crippen LogP contribution in [0, 0.1) is 6.92 Å². The number of benzene rings is 1. The van der Waals surface area contributed by atoms with Crippen LogP contribution in [0.1, 0.15) is 47.1 Å². The van der Waals surface area contributed by atoms with Crippen molar-refractivity contribution in [2.45, 2.75) is 33.1 Å². The van der Waals surface area contributed by atoms with Crippen LogP contribution in [0.5, 0.6) is 0 Å². The molecule has 2 aromatic rings. The highest BCUT2D eigenvalue weighted by Gasteiger charge is 2.48. The lowest BCUT2D eigenvalue weighted by molar-refractivity contribution is -0.163. The first kappa shape index (κ1) is 19.8. The van der Waals surface area contributed by atoms with Crippen molar-refractivity contribution in [3.8, 4) is 0 Å². The largest absolute Gasteiger partial charge is 0.465 e. The number of esters is 2. The summed E-state index contributed by atoms with van der Waals surface area (Å²) in [5.41, 5.74) is -0.308. The molecule has 0 unspecified atom stereocenters. The Morgan fingerprint density at radius 2 is 1.65 bits per heavy atom. The maximum Gasteiger partial charge on any atom is 0.327 e. The number of rotatable bonds is 7. The van der Waals surface area contributed by atoms with Gasteiger partial charge < -0.3 is 9.47 Å². The summed E-state index contributed by atoms with van der Waals surface area (Å²) in [7, 11) is 0. The zero-order chi connectivity index (χ0) is 19.3. The molecule has 0 radical (unpaired) electrons. The highest BCUT2D eigenvalue weighted by Crippen LogP contribution is 2.33. The standard InChI is InChI=1S/C20H22O5S/c1-5-24-18(22)20(4,19(23)25-6-2)15-12-13(3)9-10-14(15)17(21)16-8-7-11-26-16/h7-12H,5-6H2,1-4H3. The molecule has 0 amide bonds. The first-order valence-corrected chi connectivity index (χ1v) is 9.28. The molecule has 0 aliphatic rings. The van der Waals surface area contributed by atoms with Crippen molar-refractivity contribution >= 4 is 29.1 Å². The lowest BCUT2D eigenvalue weighted by Crippen LogP contribution is -2.44. The van der Waals surface area contributed by atoms with Gasteiger partial charge >= 0.3 is 11.9 Å². The molecule has 0 aliphatic heterocycles. The van der Waals surface area contributed by atoms with Crippen LogP contribution in [-0.4, -0.2) is 30.9 Å². The molecule has 1 aromatic heterocycles. The van der Waals surface area contributed by atoms with Gasteiger partial charge in [0.25, 0.3) is 0 Å². The normalized spacial score (nSPS) is 11.1. The van der Waals surface area contributed by atoms with Crippen molar-refractivity contribution in [2.24, 2.45) is 0 Å². The monoisotopic (exact) mass is 374 g/mol. The second-order valence-electron chi connectivity index (χ2n) is 5.92. The van der Waals surface area contributed by atoms with Gasteiger partial charge in [-0.25, -0.2) is 0 Å². The van der Waals surface area contributed by atoms with Crippen LogP contribution >= 0.6 is 11.3 Å². The van der Waals surface area contributed by atoms with Crippen LogP contribution in [-0.2, 0) is 24.5 Å². The number of ether oxygens (including phenoxy) is 2. The van der Waals surface area contributed by atoms with Crippen LogP contribution < -0.4 is 0 Å². The van der Waals surface area contributed by atoms with Crippen LogP contribution in [0.4, 0.5) is 0 Å². The number of aryl methyl sites for hydroxylation is 1. The van der Waals surface area contributed by atoms with Gasteiger partial charge in [0.05, 0.1) is 18.1 Å². The van der Waals surface area contributed by atoms with Gasteiger partial charge in [0.2, 0.25) is 5.78 Å². The fourth-order valence-electron chi connectivity index (χ4n) is 2.66. The summed E-state index contributed by atoms with van der Waals surface area (Å²) in [6.45, 7) is 6.85. The molecule has 1 heterocycles. The molecule has 0 N–H and O–H groups in total. The molecule has 0 atom stereocenters. The lowest BCUT2D eigenvalue weighted by atomic mass is 9.78. The van der Waals surface area contributed by atoms with E-state index in [1.54, 1.807) is 49.6 Å². The molecule has 1 aromatic carbocycles. The van der Waals surface area contributed by atoms with Gasteiger partial charge in [-0.2, -0.15) is 0 Å². The van der Waals surface area contributed by atoms with Crippen LogP contribution in [0.3, 0.4) is 0 Å². The third-order valence-corrected chi connectivity index (χ3v) is 4.94. The van der Waals surface area contributed by atoms with E-state index in [-0.39, 0.29) is 19.0 Å². The molecule has 0 aliphatic carbocycles. The maximum atomic E-state index is 13.0. The minimum atomic E-state index is -1.72. The van der Waals surface area contributed by atoms with Crippen molar-refractivity contribution in [3.05, 3.63) is 57.3 Å². The molecule has 0 saturated carbocycles.